The van der Waals surface area contributed by atoms with Crippen LogP contribution in [0.2, 0.25) is 0 Å². The van der Waals surface area contributed by atoms with Gasteiger partial charge in [-0.3, -0.25) is 8.39 Å². The molecule has 21 heavy (non-hydrogen) atoms. The van der Waals surface area contributed by atoms with Crippen molar-refractivity contribution in [2.24, 2.45) is 5.41 Å². The molecule has 0 saturated heterocycles. The van der Waals surface area contributed by atoms with Crippen molar-refractivity contribution in [1.29, 1.82) is 0 Å². The fourth-order valence-electron chi connectivity index (χ4n) is 1.27. The maximum atomic E-state index is 11.6. The van der Waals surface area contributed by atoms with Crippen molar-refractivity contribution in [2.45, 2.75) is 33.3 Å². The highest BCUT2D eigenvalue weighted by Gasteiger charge is 2.36. The molecular weight excluding hydrogens is 324 g/mol. The number of hydrogen-bond acceptors (Lipinski definition) is 8. The molecule has 0 bridgehead atoms. The molecule has 0 heterocycles. The lowest BCUT2D eigenvalue weighted by Crippen LogP contribution is -2.41. The Morgan fingerprint density at radius 2 is 2.00 bits per heavy atom. The summed E-state index contributed by atoms with van der Waals surface area (Å²) < 4.78 is 53.1. The van der Waals surface area contributed by atoms with Crippen LogP contribution in [0.1, 0.15) is 27.2 Å². The summed E-state index contributed by atoms with van der Waals surface area (Å²) in [6.07, 6.45) is -1.61. The third-order valence-electron chi connectivity index (χ3n) is 2.57. The van der Waals surface area contributed by atoms with E-state index >= 15 is 0 Å². The Morgan fingerprint density at radius 3 is 2.48 bits per heavy atom. The van der Waals surface area contributed by atoms with Gasteiger partial charge in [-0.2, -0.15) is 8.42 Å². The molecule has 0 amide bonds. The minimum Gasteiger partial charge on any atom is -0.772 e. The molecule has 0 radical (unpaired) electrons. The molecular formula is C11H21O8S2-. The molecule has 2 atom stereocenters. The molecule has 1 unspecified atom stereocenters. The lowest BCUT2D eigenvalue weighted by molar-refractivity contribution is -0.160. The van der Waals surface area contributed by atoms with Crippen LogP contribution in [0.5, 0.6) is 0 Å². The first-order valence-electron chi connectivity index (χ1n) is 6.29. The Morgan fingerprint density at radius 1 is 1.43 bits per heavy atom. The Bertz CT molecular complexity index is 457. The molecule has 0 aliphatic carbocycles. The van der Waals surface area contributed by atoms with Gasteiger partial charge >= 0.3 is 5.97 Å². The summed E-state index contributed by atoms with van der Waals surface area (Å²) in [4.78, 5) is 11.4. The lowest BCUT2D eigenvalue weighted by atomic mass is 9.88. The van der Waals surface area contributed by atoms with Gasteiger partial charge in [0.2, 0.25) is 0 Å². The Balaban J connectivity index is 4.46. The molecule has 8 nitrogen and oxygen atoms in total. The van der Waals surface area contributed by atoms with Crippen molar-refractivity contribution in [3.8, 4) is 0 Å². The minimum absolute atomic E-state index is 0.0840. The molecule has 10 heteroatoms. The van der Waals surface area contributed by atoms with E-state index in [1.165, 1.54) is 13.8 Å². The normalized spacial score (nSPS) is 15.5. The molecule has 0 aromatic rings. The van der Waals surface area contributed by atoms with Crippen LogP contribution in [-0.2, 0) is 34.9 Å². The van der Waals surface area contributed by atoms with Crippen LogP contribution in [0.3, 0.4) is 0 Å². The summed E-state index contributed by atoms with van der Waals surface area (Å²) in [7, 11) is -3.92. The van der Waals surface area contributed by atoms with Crippen LogP contribution < -0.4 is 0 Å². The summed E-state index contributed by atoms with van der Waals surface area (Å²) in [5.74, 6) is -1.59. The standard InChI is InChI=1S/C11H22O8S2/c1-4-18-10(13)9(12)11(2,3)8-19-21(16,17)7-5-6-20(14)15/h9,12H,4-8H2,1-3H3,(H,14,15)/p-1/t9-/m0/s1. The topological polar surface area (TPSA) is 130 Å². The second-order valence-electron chi connectivity index (χ2n) is 5.03. The van der Waals surface area contributed by atoms with E-state index in [1.807, 2.05) is 0 Å². The van der Waals surface area contributed by atoms with Crippen LogP contribution >= 0.6 is 0 Å². The second-order valence-corrected chi connectivity index (χ2v) is 7.80. The number of esters is 1. The van der Waals surface area contributed by atoms with E-state index in [-0.39, 0.29) is 18.8 Å². The highest BCUT2D eigenvalue weighted by Crippen LogP contribution is 2.23. The quantitative estimate of drug-likeness (QED) is 0.320. The van der Waals surface area contributed by atoms with Crippen molar-refractivity contribution in [3.63, 3.8) is 0 Å². The van der Waals surface area contributed by atoms with Gasteiger partial charge in [-0.1, -0.05) is 24.9 Å². The van der Waals surface area contributed by atoms with Gasteiger partial charge in [-0.25, -0.2) is 4.79 Å². The third kappa shape index (κ3) is 8.47. The maximum absolute atomic E-state index is 11.6. The zero-order valence-electron chi connectivity index (χ0n) is 12.2. The number of carbonyl (C=O) groups is 1. The number of carbonyl (C=O) groups excluding carboxylic acids is 1. The largest absolute Gasteiger partial charge is 0.772 e. The summed E-state index contributed by atoms with van der Waals surface area (Å²) in [6, 6.07) is 0. The molecule has 126 valence electrons. The highest BCUT2D eigenvalue weighted by atomic mass is 32.2. The molecule has 0 spiro atoms. The maximum Gasteiger partial charge on any atom is 0.335 e. The van der Waals surface area contributed by atoms with Crippen LogP contribution in [0.4, 0.5) is 0 Å². The van der Waals surface area contributed by atoms with E-state index in [2.05, 4.69) is 4.74 Å². The lowest BCUT2D eigenvalue weighted by Gasteiger charge is -2.28. The van der Waals surface area contributed by atoms with Crippen molar-refractivity contribution < 1.29 is 36.0 Å². The van der Waals surface area contributed by atoms with E-state index in [1.54, 1.807) is 6.92 Å². The van der Waals surface area contributed by atoms with Gasteiger partial charge in [0.15, 0.2) is 6.10 Å². The zero-order chi connectivity index (χ0) is 16.7. The van der Waals surface area contributed by atoms with Crippen molar-refractivity contribution in [3.05, 3.63) is 0 Å². The zero-order valence-corrected chi connectivity index (χ0v) is 13.9. The number of aliphatic hydroxyl groups excluding tert-OH is 1. The predicted molar refractivity (Wildman–Crippen MR) is 74.6 cm³/mol. The van der Waals surface area contributed by atoms with E-state index in [0.717, 1.165) is 0 Å². The summed E-state index contributed by atoms with van der Waals surface area (Å²) in [6.45, 7) is 4.17. The van der Waals surface area contributed by atoms with Gasteiger partial charge in [0, 0.05) is 11.2 Å². The summed E-state index contributed by atoms with van der Waals surface area (Å²) >= 11 is -2.31. The molecule has 0 saturated carbocycles. The minimum atomic E-state index is -3.92. The molecule has 0 aromatic heterocycles. The van der Waals surface area contributed by atoms with Crippen LogP contribution in [0, 0.1) is 5.41 Å². The Labute approximate surface area is 127 Å². The fraction of sp³-hybridized carbons (Fsp3) is 0.909. The predicted octanol–water partition coefficient (Wildman–Crippen LogP) is -0.448. The van der Waals surface area contributed by atoms with E-state index in [4.69, 9.17) is 4.18 Å². The Hall–Kier alpha value is -0.550. The van der Waals surface area contributed by atoms with E-state index in [9.17, 15) is 27.1 Å². The van der Waals surface area contributed by atoms with Gasteiger partial charge in [0.05, 0.1) is 19.0 Å². The van der Waals surface area contributed by atoms with Crippen LogP contribution in [-0.4, -0.2) is 59.1 Å². The van der Waals surface area contributed by atoms with Crippen molar-refractivity contribution in [1.82, 2.24) is 0 Å². The van der Waals surface area contributed by atoms with Gasteiger partial charge in [0.25, 0.3) is 10.1 Å². The monoisotopic (exact) mass is 345 g/mol. The molecule has 0 rings (SSSR count). The van der Waals surface area contributed by atoms with Crippen LogP contribution in [0.25, 0.3) is 0 Å². The summed E-state index contributed by atoms with van der Waals surface area (Å²) in [5.41, 5.74) is -1.17. The second kappa shape index (κ2) is 8.79. The fourth-order valence-corrected chi connectivity index (χ4v) is 2.94. The first-order valence-corrected chi connectivity index (χ1v) is 9.11. The third-order valence-corrected chi connectivity index (χ3v) is 4.45. The van der Waals surface area contributed by atoms with Crippen LogP contribution in [0.15, 0.2) is 0 Å². The first kappa shape index (κ1) is 20.5. The molecule has 0 aromatic carbocycles. The number of aliphatic hydroxyl groups is 1. The molecule has 0 fully saturated rings. The number of rotatable bonds is 10. The van der Waals surface area contributed by atoms with Gasteiger partial charge in [-0.15, -0.1) is 0 Å². The number of hydrogen-bond donors (Lipinski definition) is 1. The van der Waals surface area contributed by atoms with Gasteiger partial charge in [0.1, 0.15) is 0 Å². The Kier molecular flexibility index (Phi) is 8.56. The summed E-state index contributed by atoms with van der Waals surface area (Å²) in [5, 5.41) is 9.79. The van der Waals surface area contributed by atoms with E-state index in [0.29, 0.717) is 0 Å². The highest BCUT2D eigenvalue weighted by molar-refractivity contribution is 7.86. The SMILES string of the molecule is CCOC(=O)[C@H](O)C(C)(C)COS(=O)(=O)CCCS(=O)[O-]. The molecule has 0 aliphatic rings. The molecule has 1 N–H and O–H groups in total. The smallest absolute Gasteiger partial charge is 0.335 e. The van der Waals surface area contributed by atoms with Gasteiger partial charge < -0.3 is 14.4 Å². The van der Waals surface area contributed by atoms with Crippen molar-refractivity contribution in [2.75, 3.05) is 24.7 Å². The molecule has 0 aliphatic heterocycles. The number of ether oxygens (including phenoxy) is 1. The average Bonchev–Trinajstić information content (AvgIpc) is 2.35. The van der Waals surface area contributed by atoms with Crippen molar-refractivity contribution >= 4 is 27.2 Å². The van der Waals surface area contributed by atoms with Gasteiger partial charge in [-0.05, 0) is 13.3 Å². The first-order chi connectivity index (χ1) is 9.52. The average molecular weight is 345 g/mol. The van der Waals surface area contributed by atoms with E-state index < -0.39 is 51.0 Å².